The van der Waals surface area contributed by atoms with Crippen molar-refractivity contribution in [1.82, 2.24) is 15.6 Å². The molecular weight excluding hydrogens is 429 g/mol. The zero-order valence-electron chi connectivity index (χ0n) is 17.7. The van der Waals surface area contributed by atoms with Crippen molar-refractivity contribution in [2.45, 2.75) is 37.9 Å². The maximum Gasteiger partial charge on any atom is 0.263 e. The highest BCUT2D eigenvalue weighted by Crippen LogP contribution is 2.35. The molecule has 9 heteroatoms. The first-order valence-corrected chi connectivity index (χ1v) is 11.7. The first-order chi connectivity index (χ1) is 15.4. The second-order valence-corrected chi connectivity index (χ2v) is 9.93. The van der Waals surface area contributed by atoms with Gasteiger partial charge in [-0.3, -0.25) is 4.79 Å². The van der Waals surface area contributed by atoms with Crippen LogP contribution in [-0.2, 0) is 6.42 Å². The van der Waals surface area contributed by atoms with Gasteiger partial charge in [0.15, 0.2) is 0 Å². The quantitative estimate of drug-likeness (QED) is 0.565. The largest absolute Gasteiger partial charge is 0.491 e. The summed E-state index contributed by atoms with van der Waals surface area (Å²) in [6.07, 6.45) is 1.96. The lowest BCUT2D eigenvalue weighted by Gasteiger charge is -2.49. The highest BCUT2D eigenvalue weighted by molar-refractivity contribution is 7.21. The smallest absolute Gasteiger partial charge is 0.263 e. The zero-order chi connectivity index (χ0) is 22.0. The van der Waals surface area contributed by atoms with Gasteiger partial charge in [0.1, 0.15) is 27.9 Å². The van der Waals surface area contributed by atoms with Gasteiger partial charge in [0.25, 0.3) is 5.91 Å². The molecule has 4 aliphatic heterocycles. The fraction of sp³-hybridized carbons (Fsp3) is 0.391. The number of aryl methyl sites for hydroxylation is 1. The number of nitrogens with one attached hydrogen (secondary N) is 2. The molecule has 166 valence electrons. The number of hydrogen-bond donors (Lipinski definition) is 3. The molecule has 7 rings (SSSR count). The van der Waals surface area contributed by atoms with Crippen molar-refractivity contribution in [1.29, 1.82) is 0 Å². The Morgan fingerprint density at radius 1 is 1.34 bits per heavy atom. The van der Waals surface area contributed by atoms with E-state index in [1.54, 1.807) is 6.92 Å². The summed E-state index contributed by atoms with van der Waals surface area (Å²) in [5.41, 5.74) is 8.97. The van der Waals surface area contributed by atoms with Crippen LogP contribution in [0.1, 0.15) is 27.3 Å². The van der Waals surface area contributed by atoms with Gasteiger partial charge in [-0.1, -0.05) is 6.07 Å². The van der Waals surface area contributed by atoms with E-state index in [1.165, 1.54) is 29.5 Å². The van der Waals surface area contributed by atoms with E-state index >= 15 is 0 Å². The summed E-state index contributed by atoms with van der Waals surface area (Å²) in [5, 5.41) is 7.05. The van der Waals surface area contributed by atoms with Crippen LogP contribution in [0, 0.1) is 12.7 Å². The molecule has 2 unspecified atom stereocenters. The lowest BCUT2D eigenvalue weighted by molar-refractivity contribution is 0.0920. The Morgan fingerprint density at radius 2 is 2.12 bits per heavy atom. The topological polar surface area (TPSA) is 92.5 Å². The molecule has 3 saturated heterocycles. The third-order valence-electron chi connectivity index (χ3n) is 6.64. The summed E-state index contributed by atoms with van der Waals surface area (Å²) in [4.78, 5) is 20.5. The number of anilines is 2. The van der Waals surface area contributed by atoms with Crippen molar-refractivity contribution in [2.75, 3.05) is 30.3 Å². The number of pyridine rings is 1. The number of thiophene rings is 1. The van der Waals surface area contributed by atoms with Gasteiger partial charge in [-0.15, -0.1) is 11.3 Å². The second-order valence-electron chi connectivity index (χ2n) is 8.93. The van der Waals surface area contributed by atoms with Crippen LogP contribution in [0.3, 0.4) is 0 Å². The van der Waals surface area contributed by atoms with Gasteiger partial charge >= 0.3 is 0 Å². The van der Waals surface area contributed by atoms with Crippen LogP contribution in [0.15, 0.2) is 24.3 Å². The molecule has 1 amide bonds. The molecule has 3 fully saturated rings. The number of amides is 1. The Balaban J connectivity index is 1.16. The van der Waals surface area contributed by atoms with Gasteiger partial charge in [-0.2, -0.15) is 0 Å². The molecule has 0 saturated carbocycles. The Labute approximate surface area is 188 Å². The first-order valence-electron chi connectivity index (χ1n) is 10.9. The number of piperazine rings is 1. The molecule has 2 bridgehead atoms. The van der Waals surface area contributed by atoms with Gasteiger partial charge in [-0.05, 0) is 37.5 Å². The second kappa shape index (κ2) is 7.31. The molecule has 6 heterocycles. The van der Waals surface area contributed by atoms with Crippen LogP contribution < -0.4 is 26.0 Å². The lowest BCUT2D eigenvalue weighted by Crippen LogP contribution is -2.67. The van der Waals surface area contributed by atoms with Gasteiger partial charge in [0, 0.05) is 42.3 Å². The number of rotatable bonds is 3. The number of hydrogen-bond acceptors (Lipinski definition) is 7. The van der Waals surface area contributed by atoms with Crippen LogP contribution >= 0.6 is 11.3 Å². The summed E-state index contributed by atoms with van der Waals surface area (Å²) in [6, 6.07) is 8.74. The molecule has 0 spiro atoms. The molecule has 1 aromatic carbocycles. The van der Waals surface area contributed by atoms with E-state index in [-0.39, 0.29) is 17.6 Å². The van der Waals surface area contributed by atoms with Crippen molar-refractivity contribution >= 4 is 38.8 Å². The number of nitrogens with two attached hydrogens (primary N) is 1. The summed E-state index contributed by atoms with van der Waals surface area (Å²) in [5.74, 6) is 0.178. The van der Waals surface area contributed by atoms with E-state index < -0.39 is 5.82 Å². The predicted octanol–water partition coefficient (Wildman–Crippen LogP) is 2.61. The number of ether oxygens (including phenoxy) is 1. The third kappa shape index (κ3) is 3.27. The summed E-state index contributed by atoms with van der Waals surface area (Å²) < 4.78 is 19.9. The van der Waals surface area contributed by atoms with E-state index in [4.69, 9.17) is 10.5 Å². The van der Waals surface area contributed by atoms with Crippen LogP contribution in [0.2, 0.25) is 0 Å². The van der Waals surface area contributed by atoms with Crippen LogP contribution in [0.25, 0.3) is 10.2 Å². The number of benzene rings is 1. The van der Waals surface area contributed by atoms with Gasteiger partial charge in [0.2, 0.25) is 0 Å². The normalized spacial score (nSPS) is 23.9. The number of carbonyl (C=O) groups excluding carboxylic acids is 1. The SMILES string of the molecule is Cc1nc2sc(C(=O)N[C@H]3COc4cc(N5CC6CC(C5)N6)ccc4C3)c(N)c2cc1F. The third-order valence-corrected chi connectivity index (χ3v) is 7.75. The van der Waals surface area contributed by atoms with Crippen LogP contribution in [0.4, 0.5) is 15.8 Å². The zero-order valence-corrected chi connectivity index (χ0v) is 18.5. The Bertz CT molecular complexity index is 1230. The molecule has 4 N–H and O–H groups in total. The molecule has 3 aromatic rings. The number of piperidine rings is 1. The minimum Gasteiger partial charge on any atom is -0.491 e. The lowest BCUT2D eigenvalue weighted by atomic mass is 9.91. The number of aromatic nitrogens is 1. The van der Waals surface area contributed by atoms with Crippen LogP contribution in [-0.4, -0.2) is 48.7 Å². The summed E-state index contributed by atoms with van der Waals surface area (Å²) >= 11 is 1.18. The summed E-state index contributed by atoms with van der Waals surface area (Å²) in [6.45, 7) is 4.05. The number of carbonyl (C=O) groups is 1. The fourth-order valence-electron chi connectivity index (χ4n) is 4.90. The van der Waals surface area contributed by atoms with E-state index in [9.17, 15) is 9.18 Å². The Hall–Kier alpha value is -2.91. The predicted molar refractivity (Wildman–Crippen MR) is 123 cm³/mol. The number of halogens is 1. The standard InChI is InChI=1S/C23H24FN5O2S/c1-11-18(24)7-17-20(25)21(32-23(17)26-11)22(30)28-15-4-12-2-3-16(6-19(12)31-10-15)29-8-13-5-14(9-29)27-13/h2-3,6-7,13-15,27H,4-5,8-10,25H2,1H3,(H,28,30)/t13?,14?,15-/m1/s1. The van der Waals surface area contributed by atoms with E-state index in [0.717, 1.165) is 24.4 Å². The molecule has 7 nitrogen and oxygen atoms in total. The highest BCUT2D eigenvalue weighted by atomic mass is 32.1. The van der Waals surface area contributed by atoms with Gasteiger partial charge in [-0.25, -0.2) is 9.37 Å². The molecule has 0 radical (unpaired) electrons. The Morgan fingerprint density at radius 3 is 2.91 bits per heavy atom. The number of nitrogen functional groups attached to an aromatic ring is 1. The van der Waals surface area contributed by atoms with Crippen LogP contribution in [0.5, 0.6) is 5.75 Å². The maximum atomic E-state index is 13.9. The van der Waals surface area contributed by atoms with Crippen molar-refractivity contribution in [3.05, 3.63) is 46.2 Å². The summed E-state index contributed by atoms with van der Waals surface area (Å²) in [7, 11) is 0. The minimum absolute atomic E-state index is 0.163. The molecule has 3 atom stereocenters. The number of fused-ring (bicyclic) bond motifs is 4. The molecule has 0 aliphatic carbocycles. The molecule has 2 aromatic heterocycles. The molecule has 4 aliphatic rings. The first kappa shape index (κ1) is 19.8. The average molecular weight is 454 g/mol. The van der Waals surface area contributed by atoms with E-state index in [0.29, 0.717) is 45.9 Å². The van der Waals surface area contributed by atoms with E-state index in [1.807, 2.05) is 0 Å². The monoisotopic (exact) mass is 453 g/mol. The maximum absolute atomic E-state index is 13.9. The van der Waals surface area contributed by atoms with E-state index in [2.05, 4.69) is 38.7 Å². The van der Waals surface area contributed by atoms with Crippen molar-refractivity contribution < 1.29 is 13.9 Å². The highest BCUT2D eigenvalue weighted by Gasteiger charge is 2.36. The van der Waals surface area contributed by atoms with Crippen molar-refractivity contribution in [2.24, 2.45) is 0 Å². The van der Waals surface area contributed by atoms with Gasteiger partial charge in [0.05, 0.1) is 17.4 Å². The Kier molecular flexibility index (Phi) is 4.51. The average Bonchev–Trinajstić information content (AvgIpc) is 3.09. The minimum atomic E-state index is -0.427. The molecule has 32 heavy (non-hydrogen) atoms. The van der Waals surface area contributed by atoms with Crippen molar-refractivity contribution in [3.63, 3.8) is 0 Å². The van der Waals surface area contributed by atoms with Gasteiger partial charge < -0.3 is 26.0 Å². The fourth-order valence-corrected chi connectivity index (χ4v) is 5.92. The number of nitrogens with zero attached hydrogens (tertiary/aromatic N) is 2. The molecular formula is C23H24FN5O2S. The van der Waals surface area contributed by atoms with Crippen molar-refractivity contribution in [3.8, 4) is 5.75 Å².